The number of hydrogen-bond acceptors (Lipinski definition) is 3. The quantitative estimate of drug-likeness (QED) is 0.778. The van der Waals surface area contributed by atoms with Gasteiger partial charge in [-0.3, -0.25) is 0 Å². The van der Waals surface area contributed by atoms with E-state index in [1.54, 1.807) is 0 Å². The number of para-hydroxylation sites is 1. The molecule has 0 amide bonds. The van der Waals surface area contributed by atoms with Crippen LogP contribution in [-0.4, -0.2) is 24.3 Å². The molecule has 0 radical (unpaired) electrons. The summed E-state index contributed by atoms with van der Waals surface area (Å²) in [5.41, 5.74) is 4.20. The fourth-order valence-electron chi connectivity index (χ4n) is 3.37. The average molecular weight is 260 g/mol. The van der Waals surface area contributed by atoms with Gasteiger partial charge in [-0.2, -0.15) is 0 Å². The lowest BCUT2D eigenvalue weighted by molar-refractivity contribution is 0.177. The highest BCUT2D eigenvalue weighted by atomic mass is 16.3. The Hall–Kier alpha value is -1.06. The van der Waals surface area contributed by atoms with Crippen LogP contribution in [-0.2, 0) is 13.0 Å². The number of hydrogen-bond donors (Lipinski definition) is 3. The van der Waals surface area contributed by atoms with Gasteiger partial charge in [-0.05, 0) is 55.7 Å². The van der Waals surface area contributed by atoms with Gasteiger partial charge in [0.15, 0.2) is 0 Å². The number of fused-ring (bicyclic) bond motifs is 1. The van der Waals surface area contributed by atoms with Crippen LogP contribution in [0.1, 0.15) is 36.8 Å². The van der Waals surface area contributed by atoms with Crippen LogP contribution < -0.4 is 10.6 Å². The summed E-state index contributed by atoms with van der Waals surface area (Å²) in [6.07, 6.45) is 5.50. The van der Waals surface area contributed by atoms with Crippen molar-refractivity contribution >= 4 is 5.69 Å². The number of anilines is 1. The van der Waals surface area contributed by atoms with E-state index in [0.29, 0.717) is 5.92 Å². The normalized spacial score (nSPS) is 25.9. The molecule has 2 aliphatic rings. The van der Waals surface area contributed by atoms with Crippen LogP contribution in [0.4, 0.5) is 5.69 Å². The summed E-state index contributed by atoms with van der Waals surface area (Å²) in [5, 5.41) is 16.6. The van der Waals surface area contributed by atoms with E-state index in [1.807, 2.05) is 0 Å². The van der Waals surface area contributed by atoms with Crippen molar-refractivity contribution in [2.45, 2.75) is 44.8 Å². The second kappa shape index (κ2) is 5.93. The number of nitrogens with one attached hydrogen (secondary N) is 2. The van der Waals surface area contributed by atoms with Crippen molar-refractivity contribution in [3.8, 4) is 0 Å². The summed E-state index contributed by atoms with van der Waals surface area (Å²) in [7, 11) is 0. The summed E-state index contributed by atoms with van der Waals surface area (Å²) in [6.45, 7) is 3.06. The Morgan fingerprint density at radius 3 is 3.11 bits per heavy atom. The van der Waals surface area contributed by atoms with Gasteiger partial charge < -0.3 is 15.7 Å². The van der Waals surface area contributed by atoms with Gasteiger partial charge in [0.1, 0.15) is 0 Å². The van der Waals surface area contributed by atoms with E-state index in [0.717, 1.165) is 32.5 Å². The van der Waals surface area contributed by atoms with Crippen LogP contribution in [0.15, 0.2) is 18.2 Å². The lowest BCUT2D eigenvalue weighted by Crippen LogP contribution is -2.23. The zero-order valence-electron chi connectivity index (χ0n) is 11.5. The highest BCUT2D eigenvalue weighted by Crippen LogP contribution is 2.27. The molecule has 0 aromatic heterocycles. The minimum Gasteiger partial charge on any atom is -0.393 e. The summed E-state index contributed by atoms with van der Waals surface area (Å²) in [6, 6.07) is 6.62. The molecule has 3 heteroatoms. The van der Waals surface area contributed by atoms with E-state index in [4.69, 9.17) is 0 Å². The molecule has 1 saturated carbocycles. The van der Waals surface area contributed by atoms with Gasteiger partial charge in [-0.25, -0.2) is 0 Å². The Morgan fingerprint density at radius 1 is 1.32 bits per heavy atom. The van der Waals surface area contributed by atoms with Crippen molar-refractivity contribution in [2.75, 3.05) is 18.4 Å². The number of aliphatic hydroxyl groups excluding tert-OH is 1. The highest BCUT2D eigenvalue weighted by Gasteiger charge is 2.22. The van der Waals surface area contributed by atoms with E-state index < -0.39 is 0 Å². The Morgan fingerprint density at radius 2 is 2.26 bits per heavy atom. The third-order valence-corrected chi connectivity index (χ3v) is 4.42. The zero-order chi connectivity index (χ0) is 13.1. The minimum absolute atomic E-state index is 0.0575. The van der Waals surface area contributed by atoms with Gasteiger partial charge in [0.05, 0.1) is 6.10 Å². The van der Waals surface area contributed by atoms with E-state index >= 15 is 0 Å². The Labute approximate surface area is 115 Å². The van der Waals surface area contributed by atoms with Gasteiger partial charge in [0, 0.05) is 18.8 Å². The molecule has 1 aromatic rings. The van der Waals surface area contributed by atoms with Crippen LogP contribution in [0.25, 0.3) is 0 Å². The predicted octanol–water partition coefficient (Wildman–Crippen LogP) is 2.30. The molecule has 0 spiro atoms. The van der Waals surface area contributed by atoms with Crippen molar-refractivity contribution in [2.24, 2.45) is 5.92 Å². The van der Waals surface area contributed by atoms with Gasteiger partial charge in [0.2, 0.25) is 0 Å². The smallest absolute Gasteiger partial charge is 0.0543 e. The SMILES string of the molecule is OC1CCC(CNCc2cccc3c2NCCC3)C1. The van der Waals surface area contributed by atoms with Crippen molar-refractivity contribution in [3.63, 3.8) is 0 Å². The maximum Gasteiger partial charge on any atom is 0.0543 e. The second-order valence-corrected chi connectivity index (χ2v) is 5.95. The molecule has 0 bridgehead atoms. The Bertz CT molecular complexity index is 433. The average Bonchev–Trinajstić information content (AvgIpc) is 2.85. The highest BCUT2D eigenvalue weighted by molar-refractivity contribution is 5.59. The first-order valence-electron chi connectivity index (χ1n) is 7.56. The van der Waals surface area contributed by atoms with Gasteiger partial charge in [-0.15, -0.1) is 0 Å². The third kappa shape index (κ3) is 3.10. The van der Waals surface area contributed by atoms with E-state index in [9.17, 15) is 5.11 Å². The van der Waals surface area contributed by atoms with Crippen molar-refractivity contribution < 1.29 is 5.11 Å². The molecule has 2 atom stereocenters. The molecule has 1 aliphatic carbocycles. The molecule has 3 rings (SSSR count). The molecule has 1 fully saturated rings. The van der Waals surface area contributed by atoms with Crippen LogP contribution in [0.2, 0.25) is 0 Å². The second-order valence-electron chi connectivity index (χ2n) is 5.95. The zero-order valence-corrected chi connectivity index (χ0v) is 11.5. The number of aliphatic hydroxyl groups is 1. The molecule has 3 N–H and O–H groups in total. The molecule has 0 saturated heterocycles. The monoisotopic (exact) mass is 260 g/mol. The first-order chi connectivity index (χ1) is 9.33. The fourth-order valence-corrected chi connectivity index (χ4v) is 3.37. The Balaban J connectivity index is 1.55. The van der Waals surface area contributed by atoms with Crippen LogP contribution >= 0.6 is 0 Å². The minimum atomic E-state index is -0.0575. The van der Waals surface area contributed by atoms with E-state index in [1.165, 1.54) is 36.1 Å². The molecule has 104 valence electrons. The molecule has 2 unspecified atom stereocenters. The Kier molecular flexibility index (Phi) is 4.04. The predicted molar refractivity (Wildman–Crippen MR) is 78.3 cm³/mol. The molecular weight excluding hydrogens is 236 g/mol. The van der Waals surface area contributed by atoms with Gasteiger partial charge >= 0.3 is 0 Å². The first kappa shape index (κ1) is 12.9. The van der Waals surface area contributed by atoms with Crippen molar-refractivity contribution in [1.29, 1.82) is 0 Å². The topological polar surface area (TPSA) is 44.3 Å². The van der Waals surface area contributed by atoms with E-state index in [2.05, 4.69) is 28.8 Å². The maximum absolute atomic E-state index is 9.54. The standard InChI is InChI=1S/C16H24N2O/c19-15-7-6-12(9-15)10-17-11-14-4-1-3-13-5-2-8-18-16(13)14/h1,3-4,12,15,17-19H,2,5-11H2. The molecule has 3 nitrogen and oxygen atoms in total. The first-order valence-corrected chi connectivity index (χ1v) is 7.56. The van der Waals surface area contributed by atoms with Crippen molar-refractivity contribution in [3.05, 3.63) is 29.3 Å². The van der Waals surface area contributed by atoms with Crippen LogP contribution in [0.5, 0.6) is 0 Å². The summed E-state index contributed by atoms with van der Waals surface area (Å²) in [4.78, 5) is 0. The molecule has 19 heavy (non-hydrogen) atoms. The molecule has 1 aliphatic heterocycles. The van der Waals surface area contributed by atoms with Gasteiger partial charge in [0.25, 0.3) is 0 Å². The lowest BCUT2D eigenvalue weighted by atomic mass is 9.99. The fraction of sp³-hybridized carbons (Fsp3) is 0.625. The van der Waals surface area contributed by atoms with Crippen LogP contribution in [0.3, 0.4) is 0 Å². The molecule has 1 aromatic carbocycles. The molecule has 1 heterocycles. The summed E-state index contributed by atoms with van der Waals surface area (Å²) < 4.78 is 0. The lowest BCUT2D eigenvalue weighted by Gasteiger charge is -2.21. The maximum atomic E-state index is 9.54. The molecular formula is C16H24N2O. The summed E-state index contributed by atoms with van der Waals surface area (Å²) in [5.74, 6) is 0.655. The van der Waals surface area contributed by atoms with Gasteiger partial charge in [-0.1, -0.05) is 18.2 Å². The number of rotatable bonds is 4. The number of aryl methyl sites for hydroxylation is 1. The van der Waals surface area contributed by atoms with E-state index in [-0.39, 0.29) is 6.10 Å². The van der Waals surface area contributed by atoms with Crippen LogP contribution in [0, 0.1) is 5.92 Å². The summed E-state index contributed by atoms with van der Waals surface area (Å²) >= 11 is 0. The number of benzene rings is 1. The van der Waals surface area contributed by atoms with Crippen molar-refractivity contribution in [1.82, 2.24) is 5.32 Å². The third-order valence-electron chi connectivity index (χ3n) is 4.42. The largest absolute Gasteiger partial charge is 0.393 e.